The summed E-state index contributed by atoms with van der Waals surface area (Å²) in [5.74, 6) is 0.363. The fraction of sp³-hybridized carbons (Fsp3) is 0.577. The van der Waals surface area contributed by atoms with E-state index in [0.717, 1.165) is 12.8 Å². The van der Waals surface area contributed by atoms with Crippen LogP contribution in [0, 0.1) is 0 Å². The number of hydrogen-bond acceptors (Lipinski definition) is 8. The molecule has 1 aromatic heterocycles. The maximum absolute atomic E-state index is 15.6. The molecule has 1 aliphatic carbocycles. The molecule has 1 heterocycles. The normalized spacial score (nSPS) is 20.6. The Bertz CT molecular complexity index is 1000. The Kier molecular flexibility index (Phi) is 9.87. The van der Waals surface area contributed by atoms with Crippen LogP contribution in [0.2, 0.25) is 5.02 Å². The molecule has 1 unspecified atom stereocenters. The standard InChI is InChI=1S/C26H35ClFN3O5/c1-26(2,3)36-24(32)15-31(4)20-8-6-7-9-21(25(20)28)35-23-13-12-19(29-30-23)18-11-10-17(27)14-22(18)34-16-33-5/h10-14,20-21,25H,6-9,15-16H2,1-5H3/t20?,21-,25-/m1/s1. The van der Waals surface area contributed by atoms with E-state index in [2.05, 4.69) is 10.2 Å². The summed E-state index contributed by atoms with van der Waals surface area (Å²) in [7, 11) is 3.27. The molecule has 0 amide bonds. The van der Waals surface area contributed by atoms with Crippen molar-refractivity contribution in [3.63, 3.8) is 0 Å². The smallest absolute Gasteiger partial charge is 0.320 e. The van der Waals surface area contributed by atoms with E-state index in [1.807, 2.05) is 20.8 Å². The highest BCUT2D eigenvalue weighted by molar-refractivity contribution is 6.30. The molecule has 8 nitrogen and oxygen atoms in total. The molecule has 10 heteroatoms. The topological polar surface area (TPSA) is 83.0 Å². The van der Waals surface area contributed by atoms with Gasteiger partial charge in [0.2, 0.25) is 5.88 Å². The Hall–Kier alpha value is -2.49. The van der Waals surface area contributed by atoms with Crippen LogP contribution in [0.5, 0.6) is 11.6 Å². The van der Waals surface area contributed by atoms with E-state index >= 15 is 4.39 Å². The van der Waals surface area contributed by atoms with Crippen LogP contribution in [0.3, 0.4) is 0 Å². The first-order valence-electron chi connectivity index (χ1n) is 12.1. The minimum absolute atomic E-state index is 0.0121. The third-order valence-electron chi connectivity index (χ3n) is 5.79. The van der Waals surface area contributed by atoms with E-state index in [-0.39, 0.29) is 25.2 Å². The molecular formula is C26H35ClFN3O5. The van der Waals surface area contributed by atoms with Gasteiger partial charge in [-0.2, -0.15) is 0 Å². The van der Waals surface area contributed by atoms with Gasteiger partial charge in [-0.1, -0.05) is 18.0 Å². The van der Waals surface area contributed by atoms with E-state index in [9.17, 15) is 4.79 Å². The number of rotatable bonds is 9. The van der Waals surface area contributed by atoms with Crippen molar-refractivity contribution in [3.8, 4) is 22.9 Å². The highest BCUT2D eigenvalue weighted by atomic mass is 35.5. The molecule has 3 rings (SSSR count). The van der Waals surface area contributed by atoms with Gasteiger partial charge in [0, 0.05) is 29.8 Å². The molecule has 0 aliphatic heterocycles. The number of likely N-dealkylation sites (N-methyl/N-ethyl adjacent to an activating group) is 1. The average molecular weight is 524 g/mol. The van der Waals surface area contributed by atoms with E-state index in [0.29, 0.717) is 34.9 Å². The Balaban J connectivity index is 1.68. The van der Waals surface area contributed by atoms with Gasteiger partial charge in [0.1, 0.15) is 17.5 Å². The second kappa shape index (κ2) is 12.7. The summed E-state index contributed by atoms with van der Waals surface area (Å²) in [5, 5.41) is 8.95. The second-order valence-corrected chi connectivity index (χ2v) is 10.3. The van der Waals surface area contributed by atoms with Gasteiger partial charge in [-0.3, -0.25) is 9.69 Å². The number of carbonyl (C=O) groups excluding carboxylic acids is 1. The minimum Gasteiger partial charge on any atom is -0.470 e. The van der Waals surface area contributed by atoms with Gasteiger partial charge in [0.25, 0.3) is 0 Å². The summed E-state index contributed by atoms with van der Waals surface area (Å²) >= 11 is 6.09. The summed E-state index contributed by atoms with van der Waals surface area (Å²) in [6.45, 7) is 5.50. The molecule has 1 aromatic carbocycles. The summed E-state index contributed by atoms with van der Waals surface area (Å²) < 4.78 is 37.6. The van der Waals surface area contributed by atoms with Crippen molar-refractivity contribution in [2.45, 2.75) is 70.4 Å². The maximum Gasteiger partial charge on any atom is 0.320 e. The number of esters is 1. The molecule has 0 spiro atoms. The van der Waals surface area contributed by atoms with Gasteiger partial charge in [0.15, 0.2) is 13.0 Å². The molecule has 1 saturated carbocycles. The average Bonchev–Trinajstić information content (AvgIpc) is 2.98. The maximum atomic E-state index is 15.6. The van der Waals surface area contributed by atoms with E-state index in [1.54, 1.807) is 42.3 Å². The summed E-state index contributed by atoms with van der Waals surface area (Å²) in [6.07, 6.45) is 0.841. The Morgan fingerprint density at radius 1 is 1.17 bits per heavy atom. The largest absolute Gasteiger partial charge is 0.470 e. The zero-order valence-corrected chi connectivity index (χ0v) is 22.3. The van der Waals surface area contributed by atoms with Crippen molar-refractivity contribution >= 4 is 17.6 Å². The van der Waals surface area contributed by atoms with Crippen LogP contribution in [-0.2, 0) is 14.3 Å². The molecule has 0 radical (unpaired) electrons. The van der Waals surface area contributed by atoms with Crippen molar-refractivity contribution in [2.75, 3.05) is 27.5 Å². The molecule has 0 bridgehead atoms. The zero-order chi connectivity index (χ0) is 26.3. The van der Waals surface area contributed by atoms with E-state index < -0.39 is 23.9 Å². The highest BCUT2D eigenvalue weighted by Crippen LogP contribution is 2.32. The molecule has 198 valence electrons. The van der Waals surface area contributed by atoms with Crippen LogP contribution < -0.4 is 9.47 Å². The predicted octanol–water partition coefficient (Wildman–Crippen LogP) is 5.08. The lowest BCUT2D eigenvalue weighted by Crippen LogP contribution is -2.48. The van der Waals surface area contributed by atoms with Gasteiger partial charge in [0.05, 0.1) is 12.2 Å². The quantitative estimate of drug-likeness (QED) is 0.255. The molecule has 3 atom stereocenters. The third kappa shape index (κ3) is 8.01. The van der Waals surface area contributed by atoms with Gasteiger partial charge >= 0.3 is 5.97 Å². The number of nitrogens with zero attached hydrogens (tertiary/aromatic N) is 3. The zero-order valence-electron chi connectivity index (χ0n) is 21.5. The Labute approximate surface area is 217 Å². The van der Waals surface area contributed by atoms with Crippen LogP contribution in [-0.4, -0.2) is 72.5 Å². The van der Waals surface area contributed by atoms with Crippen molar-refractivity contribution in [1.82, 2.24) is 15.1 Å². The lowest BCUT2D eigenvalue weighted by molar-refractivity contribution is -0.156. The summed E-state index contributed by atoms with van der Waals surface area (Å²) in [6, 6.07) is 8.12. The predicted molar refractivity (Wildman–Crippen MR) is 135 cm³/mol. The molecule has 1 fully saturated rings. The molecule has 1 aliphatic rings. The molecule has 0 N–H and O–H groups in total. The second-order valence-electron chi connectivity index (χ2n) is 9.90. The molecular weight excluding hydrogens is 489 g/mol. The van der Waals surface area contributed by atoms with Crippen LogP contribution in [0.1, 0.15) is 46.5 Å². The number of hydrogen-bond donors (Lipinski definition) is 0. The Morgan fingerprint density at radius 2 is 1.92 bits per heavy atom. The van der Waals surface area contributed by atoms with Crippen molar-refractivity contribution < 1.29 is 28.1 Å². The lowest BCUT2D eigenvalue weighted by atomic mass is 10.0. The monoisotopic (exact) mass is 523 g/mol. The summed E-state index contributed by atoms with van der Waals surface area (Å²) in [4.78, 5) is 14.0. The van der Waals surface area contributed by atoms with E-state index in [4.69, 9.17) is 30.5 Å². The number of benzene rings is 1. The minimum atomic E-state index is -1.30. The summed E-state index contributed by atoms with van der Waals surface area (Å²) in [5.41, 5.74) is 0.658. The molecule has 36 heavy (non-hydrogen) atoms. The van der Waals surface area contributed by atoms with Gasteiger partial charge in [-0.05, 0) is 71.3 Å². The van der Waals surface area contributed by atoms with Crippen molar-refractivity contribution in [3.05, 3.63) is 35.4 Å². The first-order chi connectivity index (χ1) is 17.1. The van der Waals surface area contributed by atoms with Gasteiger partial charge in [-0.25, -0.2) is 4.39 Å². The fourth-order valence-electron chi connectivity index (χ4n) is 4.18. The third-order valence-corrected chi connectivity index (χ3v) is 6.03. The molecule has 2 aromatic rings. The van der Waals surface area contributed by atoms with Crippen LogP contribution in [0.4, 0.5) is 4.39 Å². The first kappa shape index (κ1) is 28.1. The van der Waals surface area contributed by atoms with Crippen LogP contribution >= 0.6 is 11.6 Å². The number of ether oxygens (including phenoxy) is 4. The number of aromatic nitrogens is 2. The highest BCUT2D eigenvalue weighted by Gasteiger charge is 2.37. The Morgan fingerprint density at radius 3 is 2.58 bits per heavy atom. The van der Waals surface area contributed by atoms with Crippen LogP contribution in [0.25, 0.3) is 11.3 Å². The first-order valence-corrected chi connectivity index (χ1v) is 12.4. The van der Waals surface area contributed by atoms with Crippen LogP contribution in [0.15, 0.2) is 30.3 Å². The van der Waals surface area contributed by atoms with Gasteiger partial charge in [-0.15, -0.1) is 10.2 Å². The number of halogens is 2. The number of methoxy groups -OCH3 is 1. The van der Waals surface area contributed by atoms with Crippen molar-refractivity contribution in [2.24, 2.45) is 0 Å². The lowest BCUT2D eigenvalue weighted by Gasteiger charge is -2.32. The van der Waals surface area contributed by atoms with Crippen molar-refractivity contribution in [1.29, 1.82) is 0 Å². The molecule has 0 saturated heterocycles. The fourth-order valence-corrected chi connectivity index (χ4v) is 4.34. The number of carbonyl (C=O) groups is 1. The van der Waals surface area contributed by atoms with E-state index in [1.165, 1.54) is 7.11 Å². The number of alkyl halides is 1. The SMILES string of the molecule is COCOc1cc(Cl)ccc1-c1ccc(O[C@@H]2CCCCC(N(C)CC(=O)OC(C)(C)C)[C@H]2F)nn1. The van der Waals surface area contributed by atoms with Gasteiger partial charge < -0.3 is 18.9 Å².